The first-order valence-electron chi connectivity index (χ1n) is 5.57. The van der Waals surface area contributed by atoms with Crippen LogP contribution in [0.2, 0.25) is 0 Å². The number of thioether (sulfide) groups is 2. The van der Waals surface area contributed by atoms with Crippen molar-refractivity contribution >= 4 is 29.4 Å². The first-order valence-corrected chi connectivity index (χ1v) is 7.77. The molecule has 1 amide bonds. The smallest absolute Gasteiger partial charge is 0.236 e. The molecule has 0 aromatic rings. The molecule has 3 nitrogen and oxygen atoms in total. The van der Waals surface area contributed by atoms with E-state index in [0.29, 0.717) is 5.91 Å². The van der Waals surface area contributed by atoms with Crippen LogP contribution in [0.5, 0.6) is 0 Å². The first kappa shape index (κ1) is 11.6. The summed E-state index contributed by atoms with van der Waals surface area (Å²) in [6.07, 6.45) is 1.09. The summed E-state index contributed by atoms with van der Waals surface area (Å²) in [5, 5.41) is 3.55. The van der Waals surface area contributed by atoms with Gasteiger partial charge in [0.05, 0.1) is 5.25 Å². The lowest BCUT2D eigenvalue weighted by molar-refractivity contribution is -0.130. The molecule has 0 saturated carbocycles. The van der Waals surface area contributed by atoms with Gasteiger partial charge >= 0.3 is 0 Å². The molecule has 2 fully saturated rings. The third-order valence-electron chi connectivity index (χ3n) is 2.74. The number of hydrogen-bond acceptors (Lipinski definition) is 4. The third kappa shape index (κ3) is 3.29. The number of carbonyl (C=O) groups excluding carboxylic acids is 1. The van der Waals surface area contributed by atoms with E-state index in [9.17, 15) is 4.79 Å². The second kappa shape index (κ2) is 6.01. The lowest BCUT2D eigenvalue weighted by Crippen LogP contribution is -2.41. The number of hydrogen-bond donors (Lipinski definition) is 1. The second-order valence-corrected chi connectivity index (χ2v) is 6.32. The third-order valence-corrected chi connectivity index (χ3v) is 5.48. The Balaban J connectivity index is 1.87. The largest absolute Gasteiger partial charge is 0.340 e. The molecule has 2 aliphatic heterocycles. The van der Waals surface area contributed by atoms with Gasteiger partial charge in [0.15, 0.2) is 0 Å². The molecule has 5 heteroatoms. The van der Waals surface area contributed by atoms with Crippen LogP contribution in [-0.2, 0) is 4.79 Å². The van der Waals surface area contributed by atoms with Crippen LogP contribution in [0, 0.1) is 0 Å². The lowest BCUT2D eigenvalue weighted by Gasteiger charge is -2.27. The van der Waals surface area contributed by atoms with Crippen LogP contribution in [0.4, 0.5) is 0 Å². The summed E-state index contributed by atoms with van der Waals surface area (Å²) in [5.41, 5.74) is 0. The zero-order valence-corrected chi connectivity index (χ0v) is 10.5. The van der Waals surface area contributed by atoms with E-state index in [1.807, 2.05) is 28.4 Å². The molecule has 2 aliphatic rings. The fourth-order valence-electron chi connectivity index (χ4n) is 1.90. The van der Waals surface area contributed by atoms with Gasteiger partial charge < -0.3 is 10.2 Å². The number of rotatable bonds is 1. The van der Waals surface area contributed by atoms with E-state index in [0.717, 1.165) is 44.1 Å². The molecule has 2 saturated heterocycles. The molecule has 2 rings (SSSR count). The van der Waals surface area contributed by atoms with Gasteiger partial charge in [0, 0.05) is 36.9 Å². The summed E-state index contributed by atoms with van der Waals surface area (Å²) in [4.78, 5) is 14.2. The molecular formula is C10H18N2OS2. The zero-order valence-electron chi connectivity index (χ0n) is 8.91. The summed E-state index contributed by atoms with van der Waals surface area (Å²) in [7, 11) is 0. The van der Waals surface area contributed by atoms with Crippen LogP contribution in [0.15, 0.2) is 0 Å². The van der Waals surface area contributed by atoms with Gasteiger partial charge in [0.1, 0.15) is 0 Å². The highest BCUT2D eigenvalue weighted by molar-refractivity contribution is 8.07. The summed E-state index contributed by atoms with van der Waals surface area (Å²) in [6.45, 7) is 3.83. The minimum Gasteiger partial charge on any atom is -0.340 e. The SMILES string of the molecule is O=C([C@H]1CSCCS1)N1CCCNCC1. The summed E-state index contributed by atoms with van der Waals surface area (Å²) in [6, 6.07) is 0. The topological polar surface area (TPSA) is 32.3 Å². The van der Waals surface area contributed by atoms with Crippen molar-refractivity contribution in [2.24, 2.45) is 0 Å². The molecule has 0 bridgehead atoms. The van der Waals surface area contributed by atoms with E-state index in [1.165, 1.54) is 5.75 Å². The predicted molar refractivity (Wildman–Crippen MR) is 67.6 cm³/mol. The van der Waals surface area contributed by atoms with Crippen molar-refractivity contribution in [3.05, 3.63) is 0 Å². The highest BCUT2D eigenvalue weighted by Crippen LogP contribution is 2.25. The Morgan fingerprint density at radius 2 is 2.20 bits per heavy atom. The molecule has 0 unspecified atom stereocenters. The second-order valence-electron chi connectivity index (χ2n) is 3.86. The van der Waals surface area contributed by atoms with Crippen molar-refractivity contribution in [1.29, 1.82) is 0 Å². The zero-order chi connectivity index (χ0) is 10.5. The van der Waals surface area contributed by atoms with Gasteiger partial charge in [-0.2, -0.15) is 11.8 Å². The Morgan fingerprint density at radius 1 is 1.27 bits per heavy atom. The van der Waals surface area contributed by atoms with E-state index >= 15 is 0 Å². The summed E-state index contributed by atoms with van der Waals surface area (Å²) in [5.74, 6) is 3.72. The van der Waals surface area contributed by atoms with Crippen molar-refractivity contribution in [1.82, 2.24) is 10.2 Å². The molecule has 86 valence electrons. The maximum atomic E-state index is 12.2. The van der Waals surface area contributed by atoms with Crippen molar-refractivity contribution in [2.45, 2.75) is 11.7 Å². The first-order chi connectivity index (χ1) is 7.38. The Bertz CT molecular complexity index is 211. The van der Waals surface area contributed by atoms with Crippen molar-refractivity contribution in [3.8, 4) is 0 Å². The van der Waals surface area contributed by atoms with E-state index in [1.54, 1.807) is 0 Å². The molecule has 0 aromatic heterocycles. The fraction of sp³-hybridized carbons (Fsp3) is 0.900. The molecule has 1 atom stereocenters. The van der Waals surface area contributed by atoms with Gasteiger partial charge in [-0.3, -0.25) is 4.79 Å². The van der Waals surface area contributed by atoms with E-state index in [2.05, 4.69) is 5.32 Å². The minimum absolute atomic E-state index is 0.224. The lowest BCUT2D eigenvalue weighted by atomic mass is 10.3. The van der Waals surface area contributed by atoms with Crippen molar-refractivity contribution < 1.29 is 4.79 Å². The summed E-state index contributed by atoms with van der Waals surface area (Å²) >= 11 is 3.76. The maximum absolute atomic E-state index is 12.2. The van der Waals surface area contributed by atoms with Crippen molar-refractivity contribution in [2.75, 3.05) is 43.4 Å². The number of carbonyl (C=O) groups is 1. The standard InChI is InChI=1S/C10H18N2OS2/c13-10(9-8-14-6-7-15-9)12-4-1-2-11-3-5-12/h9,11H,1-8H2/t9-/m1/s1. The molecular weight excluding hydrogens is 228 g/mol. The van der Waals surface area contributed by atoms with Gasteiger partial charge in [0.25, 0.3) is 0 Å². The monoisotopic (exact) mass is 246 g/mol. The number of amides is 1. The predicted octanol–water partition coefficient (Wildman–Crippen LogP) is 0.657. The van der Waals surface area contributed by atoms with Crippen LogP contribution in [0.25, 0.3) is 0 Å². The molecule has 0 radical (unpaired) electrons. The minimum atomic E-state index is 0.224. The van der Waals surface area contributed by atoms with Crippen LogP contribution in [0.3, 0.4) is 0 Å². The van der Waals surface area contributed by atoms with Crippen LogP contribution < -0.4 is 5.32 Å². The molecule has 0 aliphatic carbocycles. The average Bonchev–Trinajstić information content (AvgIpc) is 2.58. The number of nitrogens with one attached hydrogen (secondary N) is 1. The highest BCUT2D eigenvalue weighted by Gasteiger charge is 2.26. The Hall–Kier alpha value is 0.130. The highest BCUT2D eigenvalue weighted by atomic mass is 32.2. The Kier molecular flexibility index (Phi) is 4.65. The molecule has 1 N–H and O–H groups in total. The van der Waals surface area contributed by atoms with Crippen LogP contribution >= 0.6 is 23.5 Å². The normalized spacial score (nSPS) is 28.5. The van der Waals surface area contributed by atoms with Gasteiger partial charge in [-0.1, -0.05) is 0 Å². The van der Waals surface area contributed by atoms with E-state index < -0.39 is 0 Å². The molecule has 15 heavy (non-hydrogen) atoms. The van der Waals surface area contributed by atoms with Gasteiger partial charge in [-0.25, -0.2) is 0 Å². The molecule has 2 heterocycles. The Morgan fingerprint density at radius 3 is 3.00 bits per heavy atom. The van der Waals surface area contributed by atoms with E-state index in [-0.39, 0.29) is 5.25 Å². The average molecular weight is 246 g/mol. The van der Waals surface area contributed by atoms with Gasteiger partial charge in [-0.15, -0.1) is 11.8 Å². The van der Waals surface area contributed by atoms with Gasteiger partial charge in [-0.05, 0) is 13.0 Å². The number of nitrogens with zero attached hydrogens (tertiary/aromatic N) is 1. The molecule has 0 aromatic carbocycles. The van der Waals surface area contributed by atoms with Crippen molar-refractivity contribution in [3.63, 3.8) is 0 Å². The van der Waals surface area contributed by atoms with Crippen LogP contribution in [-0.4, -0.2) is 59.5 Å². The maximum Gasteiger partial charge on any atom is 0.236 e. The molecule has 0 spiro atoms. The fourth-order valence-corrected chi connectivity index (χ4v) is 4.53. The van der Waals surface area contributed by atoms with Gasteiger partial charge in [0.2, 0.25) is 5.91 Å². The Labute approximate surface area is 99.7 Å². The van der Waals surface area contributed by atoms with E-state index in [4.69, 9.17) is 0 Å². The quantitative estimate of drug-likeness (QED) is 0.736. The van der Waals surface area contributed by atoms with Crippen LogP contribution in [0.1, 0.15) is 6.42 Å². The summed E-state index contributed by atoms with van der Waals surface area (Å²) < 4.78 is 0.